The monoisotopic (exact) mass is 242 g/mol. The Balaban J connectivity index is 2.32. The first-order chi connectivity index (χ1) is 8.06. The Morgan fingerprint density at radius 2 is 2.06 bits per heavy atom. The normalized spacial score (nSPS) is 23.8. The van der Waals surface area contributed by atoms with Crippen molar-refractivity contribution in [3.63, 3.8) is 0 Å². The number of nitrogens with one attached hydrogen (secondary N) is 1. The lowest BCUT2D eigenvalue weighted by atomic mass is 9.99. The van der Waals surface area contributed by atoms with Crippen molar-refractivity contribution in [1.82, 2.24) is 10.2 Å². The Bertz CT molecular complexity index is 281. The van der Waals surface area contributed by atoms with Crippen LogP contribution in [0.1, 0.15) is 33.1 Å². The van der Waals surface area contributed by atoms with Crippen molar-refractivity contribution in [2.45, 2.75) is 33.1 Å². The van der Waals surface area contributed by atoms with Gasteiger partial charge in [0.15, 0.2) is 0 Å². The van der Waals surface area contributed by atoms with E-state index in [1.807, 2.05) is 6.92 Å². The molecule has 0 aliphatic carbocycles. The number of rotatable bonds is 5. The second kappa shape index (κ2) is 6.47. The minimum absolute atomic E-state index is 0.0360. The average Bonchev–Trinajstić information content (AvgIpc) is 2.66. The van der Waals surface area contributed by atoms with Gasteiger partial charge in [0.05, 0.1) is 5.92 Å². The van der Waals surface area contributed by atoms with Crippen molar-refractivity contribution in [2.75, 3.05) is 19.6 Å². The Morgan fingerprint density at radius 1 is 1.35 bits per heavy atom. The fraction of sp³-hybridized carbons (Fsp3) is 0.833. The molecule has 0 aromatic heterocycles. The standard InChI is InChI=1S/C12H22N2O3/c1-3-4-5-6-13-12(17)14-7-9(2)10(8-14)11(15)16/h9-10H,3-8H2,1-2H3,(H,13,17)(H,15,16)/t9-,10-/m1/s1. The van der Waals surface area contributed by atoms with E-state index in [9.17, 15) is 9.59 Å². The number of unbranched alkanes of at least 4 members (excludes halogenated alkanes) is 2. The highest BCUT2D eigenvalue weighted by molar-refractivity contribution is 5.77. The van der Waals surface area contributed by atoms with Gasteiger partial charge in [0.25, 0.3) is 0 Å². The highest BCUT2D eigenvalue weighted by Gasteiger charge is 2.36. The molecule has 2 amide bonds. The van der Waals surface area contributed by atoms with Crippen LogP contribution >= 0.6 is 0 Å². The zero-order valence-electron chi connectivity index (χ0n) is 10.6. The van der Waals surface area contributed by atoms with E-state index in [1.54, 1.807) is 4.90 Å². The molecule has 1 fully saturated rings. The molecule has 1 aliphatic heterocycles. The zero-order chi connectivity index (χ0) is 12.8. The van der Waals surface area contributed by atoms with Crippen molar-refractivity contribution < 1.29 is 14.7 Å². The maximum atomic E-state index is 11.7. The lowest BCUT2D eigenvalue weighted by Gasteiger charge is -2.16. The number of hydrogen-bond donors (Lipinski definition) is 2. The minimum Gasteiger partial charge on any atom is -0.481 e. The van der Waals surface area contributed by atoms with Crippen LogP contribution in [0.3, 0.4) is 0 Å². The maximum Gasteiger partial charge on any atom is 0.317 e. The van der Waals surface area contributed by atoms with Gasteiger partial charge in [0.1, 0.15) is 0 Å². The molecule has 17 heavy (non-hydrogen) atoms. The number of likely N-dealkylation sites (tertiary alicyclic amines) is 1. The summed E-state index contributed by atoms with van der Waals surface area (Å²) in [5.41, 5.74) is 0. The summed E-state index contributed by atoms with van der Waals surface area (Å²) in [5.74, 6) is -1.19. The van der Waals surface area contributed by atoms with Gasteiger partial charge < -0.3 is 15.3 Å². The number of aliphatic carboxylic acids is 1. The lowest BCUT2D eigenvalue weighted by molar-refractivity contribution is -0.142. The molecule has 0 aromatic rings. The highest BCUT2D eigenvalue weighted by atomic mass is 16.4. The fourth-order valence-corrected chi connectivity index (χ4v) is 2.14. The second-order valence-electron chi connectivity index (χ2n) is 4.77. The lowest BCUT2D eigenvalue weighted by Crippen LogP contribution is -2.39. The number of carbonyl (C=O) groups is 2. The molecular weight excluding hydrogens is 220 g/mol. The largest absolute Gasteiger partial charge is 0.481 e. The topological polar surface area (TPSA) is 69.6 Å². The van der Waals surface area contributed by atoms with Crippen LogP contribution < -0.4 is 5.32 Å². The summed E-state index contributed by atoms with van der Waals surface area (Å²) in [6.45, 7) is 5.53. The Hall–Kier alpha value is -1.26. The Kier molecular flexibility index (Phi) is 5.25. The number of carboxylic acid groups (broad SMARTS) is 1. The van der Waals surface area contributed by atoms with Crippen LogP contribution in [0.4, 0.5) is 4.79 Å². The third kappa shape index (κ3) is 3.91. The van der Waals surface area contributed by atoms with Gasteiger partial charge in [-0.05, 0) is 12.3 Å². The molecular formula is C12H22N2O3. The number of hydrogen-bond acceptors (Lipinski definition) is 2. The first-order valence-corrected chi connectivity index (χ1v) is 6.31. The van der Waals surface area contributed by atoms with Crippen molar-refractivity contribution in [2.24, 2.45) is 11.8 Å². The number of carboxylic acids is 1. The molecule has 0 aromatic carbocycles. The number of nitrogens with zero attached hydrogens (tertiary/aromatic N) is 1. The molecule has 2 N–H and O–H groups in total. The van der Waals surface area contributed by atoms with E-state index in [1.165, 1.54) is 0 Å². The van der Waals surface area contributed by atoms with E-state index in [2.05, 4.69) is 12.2 Å². The molecule has 98 valence electrons. The van der Waals surface area contributed by atoms with Gasteiger partial charge in [-0.15, -0.1) is 0 Å². The van der Waals surface area contributed by atoms with Gasteiger partial charge in [0.2, 0.25) is 0 Å². The van der Waals surface area contributed by atoms with Crippen LogP contribution in [0, 0.1) is 11.8 Å². The van der Waals surface area contributed by atoms with Crippen LogP contribution in [0.25, 0.3) is 0 Å². The third-order valence-corrected chi connectivity index (χ3v) is 3.27. The maximum absolute atomic E-state index is 11.7. The summed E-state index contributed by atoms with van der Waals surface area (Å²) in [7, 11) is 0. The molecule has 2 atom stereocenters. The van der Waals surface area contributed by atoms with Crippen LogP contribution in [-0.2, 0) is 4.79 Å². The second-order valence-corrected chi connectivity index (χ2v) is 4.77. The first-order valence-electron chi connectivity index (χ1n) is 6.31. The number of carbonyl (C=O) groups excluding carboxylic acids is 1. The summed E-state index contributed by atoms with van der Waals surface area (Å²) in [4.78, 5) is 24.3. The van der Waals surface area contributed by atoms with E-state index >= 15 is 0 Å². The van der Waals surface area contributed by atoms with E-state index in [0.717, 1.165) is 19.3 Å². The zero-order valence-corrected chi connectivity index (χ0v) is 10.6. The van der Waals surface area contributed by atoms with Crippen molar-refractivity contribution >= 4 is 12.0 Å². The van der Waals surface area contributed by atoms with Crippen LogP contribution in [0.15, 0.2) is 0 Å². The Labute approximate surface area is 102 Å². The van der Waals surface area contributed by atoms with E-state index in [-0.39, 0.29) is 11.9 Å². The molecule has 1 rings (SSSR count). The molecule has 5 nitrogen and oxygen atoms in total. The molecule has 1 aliphatic rings. The van der Waals surface area contributed by atoms with Crippen molar-refractivity contribution in [3.05, 3.63) is 0 Å². The number of amides is 2. The van der Waals surface area contributed by atoms with E-state index in [4.69, 9.17) is 5.11 Å². The van der Waals surface area contributed by atoms with Crippen molar-refractivity contribution in [1.29, 1.82) is 0 Å². The minimum atomic E-state index is -0.807. The Morgan fingerprint density at radius 3 is 2.59 bits per heavy atom. The molecule has 1 saturated heterocycles. The molecule has 1 heterocycles. The summed E-state index contributed by atoms with van der Waals surface area (Å²) >= 11 is 0. The molecule has 0 bridgehead atoms. The quantitative estimate of drug-likeness (QED) is 0.718. The predicted octanol–water partition coefficient (Wildman–Crippen LogP) is 1.54. The van der Waals surface area contributed by atoms with Gasteiger partial charge in [-0.2, -0.15) is 0 Å². The third-order valence-electron chi connectivity index (χ3n) is 3.27. The summed E-state index contributed by atoms with van der Waals surface area (Å²) < 4.78 is 0. The van der Waals surface area contributed by atoms with Gasteiger partial charge in [-0.1, -0.05) is 26.7 Å². The number of urea groups is 1. The van der Waals surface area contributed by atoms with Crippen LogP contribution in [0.2, 0.25) is 0 Å². The predicted molar refractivity (Wildman–Crippen MR) is 64.8 cm³/mol. The summed E-state index contributed by atoms with van der Waals surface area (Å²) in [6, 6.07) is -0.128. The molecule has 0 spiro atoms. The molecule has 5 heteroatoms. The van der Waals surface area contributed by atoms with Crippen LogP contribution in [-0.4, -0.2) is 41.6 Å². The molecule has 0 radical (unpaired) electrons. The van der Waals surface area contributed by atoms with Gasteiger partial charge in [-0.25, -0.2) is 4.79 Å². The molecule has 0 saturated carbocycles. The SMILES string of the molecule is CCCCCNC(=O)N1C[C@@H](C)[C@H](C(=O)O)C1. The highest BCUT2D eigenvalue weighted by Crippen LogP contribution is 2.22. The van der Waals surface area contributed by atoms with Gasteiger partial charge in [0, 0.05) is 19.6 Å². The average molecular weight is 242 g/mol. The van der Waals surface area contributed by atoms with Crippen LogP contribution in [0.5, 0.6) is 0 Å². The van der Waals surface area contributed by atoms with Gasteiger partial charge >= 0.3 is 12.0 Å². The first kappa shape index (κ1) is 13.8. The van der Waals surface area contributed by atoms with Crippen molar-refractivity contribution in [3.8, 4) is 0 Å². The summed E-state index contributed by atoms with van der Waals surface area (Å²) in [5, 5.41) is 11.8. The summed E-state index contributed by atoms with van der Waals surface area (Å²) in [6.07, 6.45) is 3.21. The van der Waals surface area contributed by atoms with Gasteiger partial charge in [-0.3, -0.25) is 4.79 Å². The molecule has 0 unspecified atom stereocenters. The van der Waals surface area contributed by atoms with E-state index in [0.29, 0.717) is 19.6 Å². The van der Waals surface area contributed by atoms with E-state index < -0.39 is 11.9 Å². The fourth-order valence-electron chi connectivity index (χ4n) is 2.14. The smallest absolute Gasteiger partial charge is 0.317 e.